The minimum atomic E-state index is -0.344. The van der Waals surface area contributed by atoms with Gasteiger partial charge in [0.15, 0.2) is 22.2 Å². The molecule has 0 saturated heterocycles. The van der Waals surface area contributed by atoms with Crippen LogP contribution in [0.25, 0.3) is 11.3 Å². The molecule has 0 radical (unpaired) electrons. The molecule has 0 aliphatic heterocycles. The van der Waals surface area contributed by atoms with E-state index < -0.39 is 0 Å². The number of benzene rings is 2. The van der Waals surface area contributed by atoms with Gasteiger partial charge < -0.3 is 10.1 Å². The van der Waals surface area contributed by atoms with Crippen LogP contribution in [0.1, 0.15) is 44.2 Å². The second kappa shape index (κ2) is 12.8. The van der Waals surface area contributed by atoms with E-state index in [0.717, 1.165) is 11.3 Å². The Morgan fingerprint density at radius 1 is 1.18 bits per heavy atom. The van der Waals surface area contributed by atoms with Gasteiger partial charge in [0.1, 0.15) is 5.75 Å². The first-order valence-electron chi connectivity index (χ1n) is 11.9. The van der Waals surface area contributed by atoms with Crippen molar-refractivity contribution in [2.75, 3.05) is 11.1 Å². The lowest BCUT2D eigenvalue weighted by Gasteiger charge is -2.16. The van der Waals surface area contributed by atoms with Gasteiger partial charge in [-0.25, -0.2) is 4.98 Å². The number of allylic oxidation sites excluding steroid dienone is 1. The number of thiazole rings is 1. The lowest BCUT2D eigenvalue weighted by atomic mass is 10.0. The van der Waals surface area contributed by atoms with Gasteiger partial charge in [-0.2, -0.15) is 0 Å². The molecule has 11 heteroatoms. The highest BCUT2D eigenvalue weighted by molar-refractivity contribution is 7.99. The van der Waals surface area contributed by atoms with Crippen LogP contribution in [0, 0.1) is 0 Å². The van der Waals surface area contributed by atoms with Crippen LogP contribution in [0.15, 0.2) is 65.7 Å². The Morgan fingerprint density at radius 2 is 1.95 bits per heavy atom. The molecule has 7 nitrogen and oxygen atoms in total. The number of aromatic nitrogens is 4. The third kappa shape index (κ3) is 6.96. The topological polar surface area (TPSA) is 81.9 Å². The van der Waals surface area contributed by atoms with E-state index in [-0.39, 0.29) is 17.8 Å². The van der Waals surface area contributed by atoms with Crippen LogP contribution in [0.3, 0.4) is 0 Å². The number of halogens is 2. The second-order valence-corrected chi connectivity index (χ2v) is 11.4. The Balaban J connectivity index is 1.38. The Morgan fingerprint density at radius 3 is 2.63 bits per heavy atom. The third-order valence-corrected chi connectivity index (χ3v) is 7.84. The molecular formula is C27H27Cl2N5O2S2. The molecule has 38 heavy (non-hydrogen) atoms. The number of anilines is 1. The zero-order valence-corrected chi connectivity index (χ0v) is 24.3. The van der Waals surface area contributed by atoms with Gasteiger partial charge in [0.25, 0.3) is 0 Å². The summed E-state index contributed by atoms with van der Waals surface area (Å²) < 4.78 is 8.03. The summed E-state index contributed by atoms with van der Waals surface area (Å²) in [5.74, 6) is 1.80. The lowest BCUT2D eigenvalue weighted by Crippen LogP contribution is -2.15. The third-order valence-electron chi connectivity index (χ3n) is 5.57. The number of hydrogen-bond donors (Lipinski definition) is 1. The Bertz CT molecular complexity index is 1420. The van der Waals surface area contributed by atoms with E-state index >= 15 is 0 Å². The normalized spacial score (nSPS) is 11.9. The van der Waals surface area contributed by atoms with Crippen molar-refractivity contribution in [1.82, 2.24) is 19.7 Å². The maximum Gasteiger partial charge on any atom is 0.236 e. The summed E-state index contributed by atoms with van der Waals surface area (Å²) >= 11 is 14.9. The molecule has 2 heterocycles. The van der Waals surface area contributed by atoms with E-state index in [9.17, 15) is 4.79 Å². The molecule has 0 saturated carbocycles. The first-order valence-corrected chi connectivity index (χ1v) is 14.5. The summed E-state index contributed by atoms with van der Waals surface area (Å²) in [6.45, 7) is 10.6. The average molecular weight is 589 g/mol. The molecule has 198 valence electrons. The summed E-state index contributed by atoms with van der Waals surface area (Å²) in [5.41, 5.74) is 2.67. The predicted molar refractivity (Wildman–Crippen MR) is 157 cm³/mol. The smallest absolute Gasteiger partial charge is 0.236 e. The van der Waals surface area contributed by atoms with Crippen LogP contribution in [0.2, 0.25) is 10.0 Å². The van der Waals surface area contributed by atoms with Crippen LogP contribution in [-0.2, 0) is 11.3 Å². The highest BCUT2D eigenvalue weighted by atomic mass is 35.5. The van der Waals surface area contributed by atoms with Crippen LogP contribution in [-0.4, -0.2) is 31.4 Å². The molecule has 1 atom stereocenters. The number of rotatable bonds is 11. The molecule has 4 rings (SSSR count). The van der Waals surface area contributed by atoms with Crippen LogP contribution in [0.4, 0.5) is 5.13 Å². The van der Waals surface area contributed by atoms with E-state index in [2.05, 4.69) is 53.1 Å². The molecule has 1 amide bonds. The number of carbonyl (C=O) groups is 1. The number of carbonyl (C=O) groups excluding carboxylic acids is 1. The molecule has 1 unspecified atom stereocenters. The molecule has 0 aliphatic rings. The van der Waals surface area contributed by atoms with Crippen LogP contribution < -0.4 is 10.1 Å². The SMILES string of the molecule is C=CCn1c(SCC(=O)Nc2nc(-c3ccc(Cl)cc3Cl)cs2)nnc1C(C)Oc1ccc(C(C)C)cc1. The largest absolute Gasteiger partial charge is 0.483 e. The van der Waals surface area contributed by atoms with Gasteiger partial charge in [-0.15, -0.1) is 28.1 Å². The van der Waals surface area contributed by atoms with Gasteiger partial charge in [-0.1, -0.05) is 67.0 Å². The van der Waals surface area contributed by atoms with Gasteiger partial charge in [0, 0.05) is 22.5 Å². The number of amides is 1. The van der Waals surface area contributed by atoms with Crippen molar-refractivity contribution < 1.29 is 9.53 Å². The quantitative estimate of drug-likeness (QED) is 0.142. The number of thioether (sulfide) groups is 1. The number of nitrogens with zero attached hydrogens (tertiary/aromatic N) is 4. The first-order chi connectivity index (χ1) is 18.2. The highest BCUT2D eigenvalue weighted by Crippen LogP contribution is 2.32. The zero-order valence-electron chi connectivity index (χ0n) is 21.1. The Kier molecular flexibility index (Phi) is 9.49. The van der Waals surface area contributed by atoms with Crippen molar-refractivity contribution in [2.24, 2.45) is 0 Å². The lowest BCUT2D eigenvalue weighted by molar-refractivity contribution is -0.113. The van der Waals surface area contributed by atoms with Crippen molar-refractivity contribution in [1.29, 1.82) is 0 Å². The molecule has 2 aromatic carbocycles. The number of ether oxygens (including phenoxy) is 1. The fourth-order valence-corrected chi connectivity index (χ4v) is 5.62. The summed E-state index contributed by atoms with van der Waals surface area (Å²) in [5, 5.41) is 15.5. The molecule has 1 N–H and O–H groups in total. The van der Waals surface area contributed by atoms with E-state index in [4.69, 9.17) is 27.9 Å². The van der Waals surface area contributed by atoms with Gasteiger partial charge in [-0.3, -0.25) is 9.36 Å². The maximum atomic E-state index is 12.7. The van der Waals surface area contributed by atoms with Crippen molar-refractivity contribution in [2.45, 2.75) is 44.5 Å². The van der Waals surface area contributed by atoms with Crippen LogP contribution >= 0.6 is 46.3 Å². The molecule has 0 bridgehead atoms. The van der Waals surface area contributed by atoms with E-state index in [1.54, 1.807) is 24.3 Å². The summed E-state index contributed by atoms with van der Waals surface area (Å²) in [7, 11) is 0. The van der Waals surface area contributed by atoms with Crippen molar-refractivity contribution in [3.63, 3.8) is 0 Å². The molecule has 0 fully saturated rings. The zero-order chi connectivity index (χ0) is 27.2. The summed E-state index contributed by atoms with van der Waals surface area (Å²) in [6.07, 6.45) is 1.42. The fraction of sp³-hybridized carbons (Fsp3) is 0.259. The minimum Gasteiger partial charge on any atom is -0.483 e. The van der Waals surface area contributed by atoms with E-state index in [1.165, 1.54) is 28.7 Å². The predicted octanol–water partition coefficient (Wildman–Crippen LogP) is 7.89. The van der Waals surface area contributed by atoms with E-state index in [0.29, 0.717) is 44.3 Å². The fourth-order valence-electron chi connectivity index (χ4n) is 3.63. The Labute approximate surface area is 240 Å². The maximum absolute atomic E-state index is 12.7. The van der Waals surface area contributed by atoms with E-state index in [1.807, 2.05) is 29.0 Å². The summed E-state index contributed by atoms with van der Waals surface area (Å²) in [6, 6.07) is 13.3. The Hall–Kier alpha value is -2.85. The highest BCUT2D eigenvalue weighted by Gasteiger charge is 2.20. The van der Waals surface area contributed by atoms with Crippen LogP contribution in [0.5, 0.6) is 5.75 Å². The molecular weight excluding hydrogens is 561 g/mol. The first kappa shape index (κ1) is 28.2. The van der Waals surface area contributed by atoms with Crippen molar-refractivity contribution in [3.8, 4) is 17.0 Å². The van der Waals surface area contributed by atoms with Gasteiger partial charge >= 0.3 is 0 Å². The standard InChI is InChI=1S/C27H27Cl2N5O2S2/c1-5-12-34-25(17(4)36-20-9-6-18(7-10-20)16(2)3)32-33-27(34)38-15-24(35)31-26-30-23(14-37-26)21-11-8-19(28)13-22(21)29/h5-11,13-14,16-17H,1,12,15H2,2-4H3,(H,30,31,35). The number of nitrogens with one attached hydrogen (secondary N) is 1. The van der Waals surface area contributed by atoms with Crippen molar-refractivity contribution >= 4 is 57.3 Å². The number of hydrogen-bond acceptors (Lipinski definition) is 7. The van der Waals surface area contributed by atoms with Gasteiger partial charge in [0.2, 0.25) is 5.91 Å². The molecule has 4 aromatic rings. The molecule has 2 aromatic heterocycles. The second-order valence-electron chi connectivity index (χ2n) is 8.72. The van der Waals surface area contributed by atoms with Gasteiger partial charge in [0.05, 0.1) is 16.5 Å². The van der Waals surface area contributed by atoms with Gasteiger partial charge in [-0.05, 0) is 48.7 Å². The average Bonchev–Trinajstić information content (AvgIpc) is 3.50. The van der Waals surface area contributed by atoms with Crippen molar-refractivity contribution in [3.05, 3.63) is 81.9 Å². The molecule has 0 spiro atoms. The minimum absolute atomic E-state index is 0.137. The monoisotopic (exact) mass is 587 g/mol. The molecule has 0 aliphatic carbocycles. The summed E-state index contributed by atoms with van der Waals surface area (Å²) in [4.78, 5) is 17.1.